The molecule has 0 radical (unpaired) electrons. The monoisotopic (exact) mass is 131 g/mol. The highest BCUT2D eigenvalue weighted by molar-refractivity contribution is 5.72. The average molecular weight is 131 g/mol. The second-order valence-corrected chi connectivity index (χ2v) is 1.48. The van der Waals surface area contributed by atoms with Gasteiger partial charge in [0.15, 0.2) is 0 Å². The van der Waals surface area contributed by atoms with E-state index in [9.17, 15) is 4.79 Å². The lowest BCUT2D eigenvalue weighted by atomic mass is 10.5. The number of hydrogen-bond donors (Lipinski definition) is 1. The van der Waals surface area contributed by atoms with Crippen molar-refractivity contribution in [3.8, 4) is 0 Å². The van der Waals surface area contributed by atoms with Crippen LogP contribution >= 0.6 is 0 Å². The molecule has 56 valence electrons. The summed E-state index contributed by atoms with van der Waals surface area (Å²) >= 11 is 0. The van der Waals surface area contributed by atoms with Gasteiger partial charge in [-0.2, -0.15) is 0 Å². The van der Waals surface area contributed by atoms with Gasteiger partial charge in [0.2, 0.25) is 5.91 Å². The molecule has 0 heterocycles. The molecule has 0 fully saturated rings. The van der Waals surface area contributed by atoms with E-state index in [1.807, 2.05) is 20.8 Å². The van der Waals surface area contributed by atoms with Crippen molar-refractivity contribution in [2.24, 2.45) is 0 Å². The van der Waals surface area contributed by atoms with Crippen LogP contribution in [-0.4, -0.2) is 12.5 Å². The number of hydrogen-bond acceptors (Lipinski definition) is 1. The third kappa shape index (κ3) is 18.6. The summed E-state index contributed by atoms with van der Waals surface area (Å²) < 4.78 is 0. The zero-order chi connectivity index (χ0) is 7.70. The first-order chi connectivity index (χ1) is 4.27. The molecule has 0 saturated carbocycles. The molecule has 2 nitrogen and oxygen atoms in total. The van der Waals surface area contributed by atoms with Crippen LogP contribution in [0.4, 0.5) is 0 Å². The first kappa shape index (κ1) is 11.3. The van der Waals surface area contributed by atoms with E-state index in [4.69, 9.17) is 0 Å². The predicted molar refractivity (Wildman–Crippen MR) is 40.3 cm³/mol. The average Bonchev–Trinajstić information content (AvgIpc) is 1.88. The van der Waals surface area contributed by atoms with Crippen molar-refractivity contribution < 1.29 is 4.79 Å². The number of amides is 1. The van der Waals surface area contributed by atoms with Crippen LogP contribution in [0.3, 0.4) is 0 Å². The Labute approximate surface area is 57.6 Å². The molecule has 0 unspecified atom stereocenters. The molecule has 0 saturated heterocycles. The van der Waals surface area contributed by atoms with Gasteiger partial charge in [-0.1, -0.05) is 20.8 Å². The fraction of sp³-hybridized carbons (Fsp3) is 0.857. The molecule has 0 aliphatic heterocycles. The molecule has 1 amide bonds. The highest BCUT2D eigenvalue weighted by Crippen LogP contribution is 1.67. The van der Waals surface area contributed by atoms with Gasteiger partial charge >= 0.3 is 0 Å². The lowest BCUT2D eigenvalue weighted by Gasteiger charge is -1.93. The molecule has 0 aromatic heterocycles. The Morgan fingerprint density at radius 2 is 1.89 bits per heavy atom. The molecule has 0 aliphatic rings. The van der Waals surface area contributed by atoms with Crippen LogP contribution in [0, 0.1) is 0 Å². The summed E-state index contributed by atoms with van der Waals surface area (Å²) in [7, 11) is 0. The Hall–Kier alpha value is -0.530. The van der Waals surface area contributed by atoms with Gasteiger partial charge in [-0.3, -0.25) is 4.79 Å². The maximum atomic E-state index is 10.1. The van der Waals surface area contributed by atoms with Gasteiger partial charge in [0, 0.05) is 13.5 Å². The zero-order valence-electron chi connectivity index (χ0n) is 6.82. The molecule has 0 spiro atoms. The Morgan fingerprint density at radius 1 is 1.44 bits per heavy atom. The van der Waals surface area contributed by atoms with Gasteiger partial charge in [-0.25, -0.2) is 0 Å². The molecule has 9 heavy (non-hydrogen) atoms. The third-order valence-corrected chi connectivity index (χ3v) is 0.624. The zero-order valence-corrected chi connectivity index (χ0v) is 6.82. The molecule has 0 aromatic rings. The van der Waals surface area contributed by atoms with E-state index in [-0.39, 0.29) is 5.91 Å². The summed E-state index contributed by atoms with van der Waals surface area (Å²) in [4.78, 5) is 10.1. The molecule has 1 N–H and O–H groups in total. The normalized spacial score (nSPS) is 7.11. The molecule has 2 heteroatoms. The van der Waals surface area contributed by atoms with E-state index in [0.717, 1.165) is 13.0 Å². The van der Waals surface area contributed by atoms with E-state index < -0.39 is 0 Å². The van der Waals surface area contributed by atoms with Crippen molar-refractivity contribution in [1.29, 1.82) is 0 Å². The highest BCUT2D eigenvalue weighted by atomic mass is 16.1. The first-order valence-corrected chi connectivity index (χ1v) is 3.51. The van der Waals surface area contributed by atoms with Gasteiger partial charge in [0.1, 0.15) is 0 Å². The lowest BCUT2D eigenvalue weighted by Crippen LogP contribution is -2.19. The topological polar surface area (TPSA) is 29.1 Å². The van der Waals surface area contributed by atoms with Gasteiger partial charge < -0.3 is 5.32 Å². The lowest BCUT2D eigenvalue weighted by molar-refractivity contribution is -0.118. The Morgan fingerprint density at radius 3 is 2.00 bits per heavy atom. The molecular formula is C7H17NO. The summed E-state index contributed by atoms with van der Waals surface area (Å²) in [6.07, 6.45) is 1.01. The van der Waals surface area contributed by atoms with E-state index in [2.05, 4.69) is 5.32 Å². The molecule has 0 atom stereocenters. The maximum absolute atomic E-state index is 10.1. The minimum Gasteiger partial charge on any atom is -0.356 e. The van der Waals surface area contributed by atoms with Gasteiger partial charge in [0.05, 0.1) is 0 Å². The summed E-state index contributed by atoms with van der Waals surface area (Å²) in [6, 6.07) is 0. The number of carbonyl (C=O) groups excluding carboxylic acids is 1. The SMILES string of the molecule is CC.CCCNC(C)=O. The van der Waals surface area contributed by atoms with Crippen molar-refractivity contribution in [3.63, 3.8) is 0 Å². The second-order valence-electron chi connectivity index (χ2n) is 1.48. The Kier molecular flexibility index (Phi) is 13.1. The summed E-state index contributed by atoms with van der Waals surface area (Å²) in [6.45, 7) is 8.35. The standard InChI is InChI=1S/C5H11NO.C2H6/c1-3-4-6-5(2)7;1-2/h3-4H2,1-2H3,(H,6,7);1-2H3. The van der Waals surface area contributed by atoms with Crippen LogP contribution in [-0.2, 0) is 4.79 Å². The number of carbonyl (C=O) groups is 1. The molecule has 0 aromatic carbocycles. The third-order valence-electron chi connectivity index (χ3n) is 0.624. The van der Waals surface area contributed by atoms with Crippen LogP contribution in [0.15, 0.2) is 0 Å². The predicted octanol–water partition coefficient (Wildman–Crippen LogP) is 1.56. The van der Waals surface area contributed by atoms with E-state index >= 15 is 0 Å². The molecule has 0 bridgehead atoms. The Bertz CT molecular complexity index is 61.9. The van der Waals surface area contributed by atoms with E-state index in [1.165, 1.54) is 6.92 Å². The Balaban J connectivity index is 0. The van der Waals surface area contributed by atoms with Gasteiger partial charge in [0.25, 0.3) is 0 Å². The van der Waals surface area contributed by atoms with Crippen molar-refractivity contribution in [3.05, 3.63) is 0 Å². The van der Waals surface area contributed by atoms with Crippen molar-refractivity contribution in [2.75, 3.05) is 6.54 Å². The quantitative estimate of drug-likeness (QED) is 0.605. The number of nitrogens with one attached hydrogen (secondary N) is 1. The van der Waals surface area contributed by atoms with Crippen molar-refractivity contribution >= 4 is 5.91 Å². The summed E-state index contributed by atoms with van der Waals surface area (Å²) in [5.74, 6) is 0.0573. The van der Waals surface area contributed by atoms with Crippen LogP contribution in [0.5, 0.6) is 0 Å². The fourth-order valence-electron chi connectivity index (χ4n) is 0.301. The summed E-state index contributed by atoms with van der Waals surface area (Å²) in [5.41, 5.74) is 0. The van der Waals surface area contributed by atoms with Crippen LogP contribution in [0.1, 0.15) is 34.1 Å². The van der Waals surface area contributed by atoms with Crippen molar-refractivity contribution in [2.45, 2.75) is 34.1 Å². The largest absolute Gasteiger partial charge is 0.356 e. The van der Waals surface area contributed by atoms with E-state index in [1.54, 1.807) is 0 Å². The second kappa shape index (κ2) is 10.5. The smallest absolute Gasteiger partial charge is 0.216 e. The summed E-state index contributed by atoms with van der Waals surface area (Å²) in [5, 5.41) is 2.66. The highest BCUT2D eigenvalue weighted by Gasteiger charge is 1.83. The molecular weight excluding hydrogens is 114 g/mol. The minimum atomic E-state index is 0.0573. The number of rotatable bonds is 2. The maximum Gasteiger partial charge on any atom is 0.216 e. The fourth-order valence-corrected chi connectivity index (χ4v) is 0.301. The van der Waals surface area contributed by atoms with Crippen LogP contribution < -0.4 is 5.32 Å². The van der Waals surface area contributed by atoms with Gasteiger partial charge in [-0.05, 0) is 6.42 Å². The van der Waals surface area contributed by atoms with Crippen LogP contribution in [0.2, 0.25) is 0 Å². The molecule has 0 aliphatic carbocycles. The van der Waals surface area contributed by atoms with E-state index in [0.29, 0.717) is 0 Å². The van der Waals surface area contributed by atoms with Crippen LogP contribution in [0.25, 0.3) is 0 Å². The first-order valence-electron chi connectivity index (χ1n) is 3.51. The van der Waals surface area contributed by atoms with Crippen molar-refractivity contribution in [1.82, 2.24) is 5.32 Å². The molecule has 0 rings (SSSR count). The minimum absolute atomic E-state index is 0.0573. The van der Waals surface area contributed by atoms with Gasteiger partial charge in [-0.15, -0.1) is 0 Å².